The third kappa shape index (κ3) is 4.46. The van der Waals surface area contributed by atoms with Gasteiger partial charge >= 0.3 is 0 Å². The summed E-state index contributed by atoms with van der Waals surface area (Å²) in [7, 11) is 0. The Bertz CT molecular complexity index is 406. The minimum Gasteiger partial charge on any atom is -0.339 e. The summed E-state index contributed by atoms with van der Waals surface area (Å²) in [6.45, 7) is 5.07. The van der Waals surface area contributed by atoms with Gasteiger partial charge in [0.25, 0.3) is 0 Å². The molecule has 0 radical (unpaired) electrons. The van der Waals surface area contributed by atoms with E-state index < -0.39 is 0 Å². The Morgan fingerprint density at radius 3 is 2.26 bits per heavy atom. The molecule has 0 aromatic carbocycles. The molecule has 1 N–H and O–H groups in total. The van der Waals surface area contributed by atoms with E-state index in [9.17, 15) is 9.59 Å². The fourth-order valence-corrected chi connectivity index (χ4v) is 4.23. The molecule has 1 atom stereocenters. The van der Waals surface area contributed by atoms with E-state index in [0.29, 0.717) is 18.2 Å². The first-order valence-electron chi connectivity index (χ1n) is 9.51. The molecule has 3 fully saturated rings. The molecular formula is C18H31N3O2. The van der Waals surface area contributed by atoms with Gasteiger partial charge in [-0.1, -0.05) is 19.3 Å². The van der Waals surface area contributed by atoms with Crippen molar-refractivity contribution in [1.29, 1.82) is 0 Å². The van der Waals surface area contributed by atoms with E-state index in [4.69, 9.17) is 0 Å². The molecule has 1 saturated carbocycles. The van der Waals surface area contributed by atoms with Gasteiger partial charge < -0.3 is 15.1 Å². The summed E-state index contributed by atoms with van der Waals surface area (Å²) in [5, 5.41) is 3.36. The van der Waals surface area contributed by atoms with Gasteiger partial charge in [0.15, 0.2) is 0 Å². The van der Waals surface area contributed by atoms with Crippen LogP contribution in [-0.2, 0) is 9.59 Å². The third-order valence-electron chi connectivity index (χ3n) is 5.83. The summed E-state index contributed by atoms with van der Waals surface area (Å²) in [6, 6.07) is 0. The van der Waals surface area contributed by atoms with Crippen molar-refractivity contribution in [3.8, 4) is 0 Å². The fourth-order valence-electron chi connectivity index (χ4n) is 4.23. The second-order valence-corrected chi connectivity index (χ2v) is 7.44. The molecule has 23 heavy (non-hydrogen) atoms. The number of nitrogens with zero attached hydrogens (tertiary/aromatic N) is 2. The zero-order valence-electron chi connectivity index (χ0n) is 14.3. The molecule has 1 unspecified atom stereocenters. The highest BCUT2D eigenvalue weighted by atomic mass is 16.2. The summed E-state index contributed by atoms with van der Waals surface area (Å²) < 4.78 is 0. The van der Waals surface area contributed by atoms with Gasteiger partial charge in [0, 0.05) is 38.5 Å². The first-order chi connectivity index (χ1) is 11.2. The number of hydrogen-bond donors (Lipinski definition) is 1. The molecule has 2 amide bonds. The molecule has 3 aliphatic rings. The van der Waals surface area contributed by atoms with Crippen LogP contribution in [-0.4, -0.2) is 60.9 Å². The van der Waals surface area contributed by atoms with Gasteiger partial charge in [-0.3, -0.25) is 9.59 Å². The van der Waals surface area contributed by atoms with Crippen LogP contribution in [0.25, 0.3) is 0 Å². The van der Waals surface area contributed by atoms with Crippen LogP contribution in [0.5, 0.6) is 0 Å². The predicted molar refractivity (Wildman–Crippen MR) is 89.9 cm³/mol. The number of amides is 2. The molecule has 3 rings (SSSR count). The summed E-state index contributed by atoms with van der Waals surface area (Å²) in [5.74, 6) is 1.55. The maximum absolute atomic E-state index is 12.5. The number of rotatable bonds is 4. The average molecular weight is 321 g/mol. The number of carbonyl (C=O) groups excluding carboxylic acids is 2. The minimum atomic E-state index is 0.251. The lowest BCUT2D eigenvalue weighted by atomic mass is 9.88. The SMILES string of the molecule is O=C(CCC1CCNC1)N1CCN(C(=O)C2CCCCC2)CC1. The van der Waals surface area contributed by atoms with E-state index in [1.807, 2.05) is 9.80 Å². The quantitative estimate of drug-likeness (QED) is 0.856. The van der Waals surface area contributed by atoms with Crippen molar-refractivity contribution in [2.45, 2.75) is 51.4 Å². The number of nitrogens with one attached hydrogen (secondary N) is 1. The summed E-state index contributed by atoms with van der Waals surface area (Å²) in [6.07, 6.45) is 8.69. The second-order valence-electron chi connectivity index (χ2n) is 7.44. The molecule has 0 spiro atoms. The van der Waals surface area contributed by atoms with E-state index in [2.05, 4.69) is 5.32 Å². The summed E-state index contributed by atoms with van der Waals surface area (Å²) in [5.41, 5.74) is 0. The third-order valence-corrected chi connectivity index (χ3v) is 5.83. The van der Waals surface area contributed by atoms with Crippen LogP contribution >= 0.6 is 0 Å². The Labute approximate surface area is 139 Å². The Hall–Kier alpha value is -1.10. The number of hydrogen-bond acceptors (Lipinski definition) is 3. The topological polar surface area (TPSA) is 52.7 Å². The van der Waals surface area contributed by atoms with Gasteiger partial charge in [0.05, 0.1) is 0 Å². The van der Waals surface area contributed by atoms with Gasteiger partial charge in [0.1, 0.15) is 0 Å². The minimum absolute atomic E-state index is 0.251. The maximum Gasteiger partial charge on any atom is 0.225 e. The lowest BCUT2D eigenvalue weighted by Crippen LogP contribution is -2.52. The van der Waals surface area contributed by atoms with E-state index in [-0.39, 0.29) is 11.8 Å². The Balaban J connectivity index is 1.38. The molecule has 2 heterocycles. The van der Waals surface area contributed by atoms with Crippen LogP contribution in [0.2, 0.25) is 0 Å². The smallest absolute Gasteiger partial charge is 0.225 e. The second kappa shape index (κ2) is 8.13. The van der Waals surface area contributed by atoms with Crippen molar-refractivity contribution >= 4 is 11.8 Å². The lowest BCUT2D eigenvalue weighted by Gasteiger charge is -2.37. The Kier molecular flexibility index (Phi) is 5.92. The highest BCUT2D eigenvalue weighted by molar-refractivity contribution is 5.80. The van der Waals surface area contributed by atoms with Crippen LogP contribution in [0.1, 0.15) is 51.4 Å². The zero-order valence-corrected chi connectivity index (χ0v) is 14.3. The Morgan fingerprint density at radius 1 is 0.913 bits per heavy atom. The van der Waals surface area contributed by atoms with Gasteiger partial charge in [0.2, 0.25) is 11.8 Å². The van der Waals surface area contributed by atoms with Crippen molar-refractivity contribution in [1.82, 2.24) is 15.1 Å². The predicted octanol–water partition coefficient (Wildman–Crippen LogP) is 1.63. The molecule has 0 aromatic rings. The van der Waals surface area contributed by atoms with Crippen molar-refractivity contribution in [2.24, 2.45) is 11.8 Å². The molecule has 5 heteroatoms. The van der Waals surface area contributed by atoms with E-state index >= 15 is 0 Å². The van der Waals surface area contributed by atoms with Crippen LogP contribution in [0, 0.1) is 11.8 Å². The molecule has 0 bridgehead atoms. The first kappa shape index (κ1) is 16.7. The molecular weight excluding hydrogens is 290 g/mol. The monoisotopic (exact) mass is 321 g/mol. The van der Waals surface area contributed by atoms with Crippen LogP contribution in [0.15, 0.2) is 0 Å². The highest BCUT2D eigenvalue weighted by Gasteiger charge is 2.29. The van der Waals surface area contributed by atoms with E-state index in [0.717, 1.165) is 58.5 Å². The lowest BCUT2D eigenvalue weighted by molar-refractivity contribution is -0.143. The fraction of sp³-hybridized carbons (Fsp3) is 0.889. The van der Waals surface area contributed by atoms with Gasteiger partial charge in [-0.25, -0.2) is 0 Å². The average Bonchev–Trinajstić information content (AvgIpc) is 3.13. The molecule has 2 saturated heterocycles. The van der Waals surface area contributed by atoms with Crippen molar-refractivity contribution < 1.29 is 9.59 Å². The highest BCUT2D eigenvalue weighted by Crippen LogP contribution is 2.26. The zero-order chi connectivity index (χ0) is 16.1. The number of carbonyl (C=O) groups is 2. The van der Waals surface area contributed by atoms with Gasteiger partial charge in [-0.2, -0.15) is 0 Å². The van der Waals surface area contributed by atoms with E-state index in [1.165, 1.54) is 25.7 Å². The molecule has 5 nitrogen and oxygen atoms in total. The van der Waals surface area contributed by atoms with E-state index in [1.54, 1.807) is 0 Å². The van der Waals surface area contributed by atoms with Crippen molar-refractivity contribution in [3.63, 3.8) is 0 Å². The van der Waals surface area contributed by atoms with Gasteiger partial charge in [-0.05, 0) is 44.7 Å². The van der Waals surface area contributed by atoms with Gasteiger partial charge in [-0.15, -0.1) is 0 Å². The first-order valence-corrected chi connectivity index (χ1v) is 9.51. The largest absolute Gasteiger partial charge is 0.339 e. The standard InChI is InChI=1S/C18H31N3O2/c22-17(7-6-15-8-9-19-14-15)20-10-12-21(13-11-20)18(23)16-4-2-1-3-5-16/h15-16,19H,1-14H2. The van der Waals surface area contributed by atoms with Crippen molar-refractivity contribution in [3.05, 3.63) is 0 Å². The molecule has 130 valence electrons. The van der Waals surface area contributed by atoms with Crippen molar-refractivity contribution in [2.75, 3.05) is 39.3 Å². The summed E-state index contributed by atoms with van der Waals surface area (Å²) in [4.78, 5) is 28.8. The molecule has 2 aliphatic heterocycles. The van der Waals surface area contributed by atoms with Crippen LogP contribution in [0.3, 0.4) is 0 Å². The summed E-state index contributed by atoms with van der Waals surface area (Å²) >= 11 is 0. The maximum atomic E-state index is 12.5. The Morgan fingerprint density at radius 2 is 1.61 bits per heavy atom. The molecule has 1 aliphatic carbocycles. The van der Waals surface area contributed by atoms with Crippen LogP contribution < -0.4 is 5.32 Å². The number of piperazine rings is 1. The normalized spacial score (nSPS) is 26.5. The van der Waals surface area contributed by atoms with Crippen LogP contribution in [0.4, 0.5) is 0 Å². The molecule has 0 aromatic heterocycles.